The highest BCUT2D eigenvalue weighted by Crippen LogP contribution is 2.41. The van der Waals surface area contributed by atoms with E-state index in [-0.39, 0.29) is 23.3 Å². The van der Waals surface area contributed by atoms with Crippen LogP contribution in [0.25, 0.3) is 0 Å². The molecule has 1 aromatic carbocycles. The molecule has 0 saturated heterocycles. The number of hydrogen-bond acceptors (Lipinski definition) is 6. The third-order valence-corrected chi connectivity index (χ3v) is 7.36. The fourth-order valence-corrected chi connectivity index (χ4v) is 6.14. The van der Waals surface area contributed by atoms with Gasteiger partial charge < -0.3 is 10.1 Å². The maximum absolute atomic E-state index is 12.6. The van der Waals surface area contributed by atoms with Gasteiger partial charge in [-0.15, -0.1) is 15.7 Å². The topological polar surface area (TPSA) is 84.8 Å². The number of nitrogens with zero attached hydrogens (tertiary/aromatic N) is 1. The number of sulfonamides is 1. The van der Waals surface area contributed by atoms with Crippen LogP contribution in [0.5, 0.6) is 0 Å². The Kier molecular flexibility index (Phi) is 4.55. The van der Waals surface area contributed by atoms with Crippen molar-refractivity contribution >= 4 is 38.2 Å². The molecule has 2 aromatic rings. The summed E-state index contributed by atoms with van der Waals surface area (Å²) >= 11 is 1.49. The molecule has 8 heteroatoms. The van der Waals surface area contributed by atoms with Crippen LogP contribution in [0.3, 0.4) is 0 Å². The highest BCUT2D eigenvalue weighted by atomic mass is 32.2. The van der Waals surface area contributed by atoms with E-state index in [9.17, 15) is 13.2 Å². The summed E-state index contributed by atoms with van der Waals surface area (Å²) in [6.45, 7) is 4.26. The molecule has 1 aliphatic heterocycles. The first-order chi connectivity index (χ1) is 12.9. The molecular weight excluding hydrogens is 384 g/mol. The minimum Gasteiger partial charge on any atom is -0.462 e. The molecule has 0 unspecified atom stereocenters. The minimum absolute atomic E-state index is 0.181. The SMILES string of the molecule is CCOC(=O)c1c(NC2=NS(=O)(=O)c3ccccc32)sc2c1CC[C@@H](C)C2. The van der Waals surface area contributed by atoms with Gasteiger partial charge in [0.25, 0.3) is 10.0 Å². The molecule has 0 spiro atoms. The van der Waals surface area contributed by atoms with Gasteiger partial charge in [-0.2, -0.15) is 8.42 Å². The summed E-state index contributed by atoms with van der Waals surface area (Å²) in [5, 5.41) is 3.73. The number of rotatable bonds is 3. The average molecular weight is 405 g/mol. The number of amidine groups is 1. The van der Waals surface area contributed by atoms with Crippen molar-refractivity contribution in [2.75, 3.05) is 11.9 Å². The Hall–Kier alpha value is -2.19. The molecule has 1 atom stereocenters. The van der Waals surface area contributed by atoms with Crippen LogP contribution in [-0.2, 0) is 27.6 Å². The van der Waals surface area contributed by atoms with Crippen molar-refractivity contribution in [3.05, 3.63) is 45.8 Å². The number of nitrogens with one attached hydrogen (secondary N) is 1. The van der Waals surface area contributed by atoms with Crippen molar-refractivity contribution in [2.45, 2.75) is 38.0 Å². The van der Waals surface area contributed by atoms with Gasteiger partial charge in [-0.05, 0) is 49.8 Å². The van der Waals surface area contributed by atoms with Gasteiger partial charge in [0.1, 0.15) is 9.90 Å². The van der Waals surface area contributed by atoms with Gasteiger partial charge >= 0.3 is 5.97 Å². The lowest BCUT2D eigenvalue weighted by Gasteiger charge is -2.18. The van der Waals surface area contributed by atoms with Crippen molar-refractivity contribution in [3.8, 4) is 0 Å². The molecule has 0 saturated carbocycles. The first kappa shape index (κ1) is 18.2. The molecule has 0 amide bonds. The number of carbonyl (C=O) groups is 1. The maximum atomic E-state index is 12.6. The van der Waals surface area contributed by atoms with Crippen LogP contribution in [0.4, 0.5) is 5.00 Å². The lowest BCUT2D eigenvalue weighted by Crippen LogP contribution is -2.16. The van der Waals surface area contributed by atoms with Crippen LogP contribution < -0.4 is 5.32 Å². The van der Waals surface area contributed by atoms with Crippen molar-refractivity contribution in [1.82, 2.24) is 0 Å². The Labute approximate surface area is 162 Å². The van der Waals surface area contributed by atoms with Gasteiger partial charge in [0.2, 0.25) is 0 Å². The summed E-state index contributed by atoms with van der Waals surface area (Å²) in [5.74, 6) is 0.438. The van der Waals surface area contributed by atoms with Crippen LogP contribution in [0.1, 0.15) is 46.6 Å². The zero-order valence-electron chi connectivity index (χ0n) is 15.1. The smallest absolute Gasteiger partial charge is 0.341 e. The highest BCUT2D eigenvalue weighted by molar-refractivity contribution is 7.90. The highest BCUT2D eigenvalue weighted by Gasteiger charge is 2.32. The molecule has 4 rings (SSSR count). The van der Waals surface area contributed by atoms with Gasteiger partial charge in [0.05, 0.1) is 12.2 Å². The molecule has 0 bridgehead atoms. The van der Waals surface area contributed by atoms with E-state index in [1.54, 1.807) is 25.1 Å². The van der Waals surface area contributed by atoms with Crippen LogP contribution in [-0.4, -0.2) is 26.8 Å². The molecule has 142 valence electrons. The van der Waals surface area contributed by atoms with E-state index < -0.39 is 10.0 Å². The van der Waals surface area contributed by atoms with Crippen LogP contribution in [0.2, 0.25) is 0 Å². The quantitative estimate of drug-likeness (QED) is 0.790. The van der Waals surface area contributed by atoms with Crippen molar-refractivity contribution < 1.29 is 17.9 Å². The Balaban J connectivity index is 1.78. The average Bonchev–Trinajstić information content (AvgIpc) is 3.10. The number of thiophene rings is 1. The number of carbonyl (C=O) groups excluding carboxylic acids is 1. The Bertz CT molecular complexity index is 1050. The van der Waals surface area contributed by atoms with Crippen LogP contribution >= 0.6 is 11.3 Å². The van der Waals surface area contributed by atoms with Gasteiger partial charge in [-0.1, -0.05) is 19.1 Å². The van der Waals surface area contributed by atoms with Gasteiger partial charge in [0, 0.05) is 10.4 Å². The zero-order chi connectivity index (χ0) is 19.2. The van der Waals surface area contributed by atoms with Crippen LogP contribution in [0, 0.1) is 5.92 Å². The molecule has 1 N–H and O–H groups in total. The molecule has 27 heavy (non-hydrogen) atoms. The number of esters is 1. The summed E-state index contributed by atoms with van der Waals surface area (Å²) in [5.41, 5.74) is 2.06. The van der Waals surface area contributed by atoms with Crippen molar-refractivity contribution in [2.24, 2.45) is 10.3 Å². The summed E-state index contributed by atoms with van der Waals surface area (Å²) in [6.07, 6.45) is 2.76. The van der Waals surface area contributed by atoms with E-state index in [4.69, 9.17) is 4.74 Å². The third kappa shape index (κ3) is 3.17. The second kappa shape index (κ2) is 6.76. The number of hydrogen-bond donors (Lipinski definition) is 1. The Morgan fingerprint density at radius 3 is 2.93 bits per heavy atom. The van der Waals surface area contributed by atoms with E-state index in [0.717, 1.165) is 29.7 Å². The second-order valence-corrected chi connectivity index (χ2v) is 9.49. The summed E-state index contributed by atoms with van der Waals surface area (Å²) < 4.78 is 33.7. The predicted octanol–water partition coefficient (Wildman–Crippen LogP) is 3.61. The molecule has 1 aromatic heterocycles. The first-order valence-corrected chi connectivity index (χ1v) is 11.2. The van der Waals surface area contributed by atoms with Gasteiger partial charge in [0.15, 0.2) is 5.84 Å². The molecule has 1 aliphatic carbocycles. The molecular formula is C19H20N2O4S2. The van der Waals surface area contributed by atoms with Gasteiger partial charge in [-0.25, -0.2) is 4.79 Å². The summed E-state index contributed by atoms with van der Waals surface area (Å²) in [4.78, 5) is 14.0. The molecule has 2 aliphatic rings. The standard InChI is InChI=1S/C19H20N2O4S2/c1-3-25-19(22)16-12-9-8-11(2)10-14(12)26-18(16)20-17-13-6-4-5-7-15(13)27(23,24)21-17/h4-7,11H,3,8-10H2,1-2H3,(H,20,21)/t11-/m1/s1. The maximum Gasteiger partial charge on any atom is 0.341 e. The van der Waals surface area contributed by atoms with Crippen LogP contribution in [0.15, 0.2) is 33.6 Å². The second-order valence-electron chi connectivity index (χ2n) is 6.81. The van der Waals surface area contributed by atoms with Crippen molar-refractivity contribution in [3.63, 3.8) is 0 Å². The summed E-state index contributed by atoms with van der Waals surface area (Å²) in [6, 6.07) is 6.69. The Morgan fingerprint density at radius 1 is 1.37 bits per heavy atom. The predicted molar refractivity (Wildman–Crippen MR) is 105 cm³/mol. The number of fused-ring (bicyclic) bond motifs is 2. The summed E-state index contributed by atoms with van der Waals surface area (Å²) in [7, 11) is -3.72. The lowest BCUT2D eigenvalue weighted by atomic mass is 9.88. The minimum atomic E-state index is -3.72. The molecule has 0 fully saturated rings. The van der Waals surface area contributed by atoms with E-state index >= 15 is 0 Å². The number of benzene rings is 1. The van der Waals surface area contributed by atoms with Crippen molar-refractivity contribution in [1.29, 1.82) is 0 Å². The van der Waals surface area contributed by atoms with E-state index in [2.05, 4.69) is 16.6 Å². The number of anilines is 1. The van der Waals surface area contributed by atoms with Gasteiger partial charge in [-0.3, -0.25) is 0 Å². The monoisotopic (exact) mass is 404 g/mol. The lowest BCUT2D eigenvalue weighted by molar-refractivity contribution is 0.0526. The molecule has 6 nitrogen and oxygen atoms in total. The fourth-order valence-electron chi connectivity index (χ4n) is 3.56. The Morgan fingerprint density at radius 2 is 2.15 bits per heavy atom. The number of ether oxygens (including phenoxy) is 1. The molecule has 0 radical (unpaired) electrons. The zero-order valence-corrected chi connectivity index (χ0v) is 16.7. The molecule has 2 heterocycles. The largest absolute Gasteiger partial charge is 0.462 e. The van der Waals surface area contributed by atoms with E-state index in [1.807, 2.05) is 0 Å². The van der Waals surface area contributed by atoms with E-state index in [1.165, 1.54) is 17.4 Å². The first-order valence-electron chi connectivity index (χ1n) is 8.93. The van der Waals surface area contributed by atoms with E-state index in [0.29, 0.717) is 22.0 Å². The normalized spacial score (nSPS) is 19.8. The fraction of sp³-hybridized carbons (Fsp3) is 0.368. The third-order valence-electron chi connectivity index (χ3n) is 4.85.